The number of methoxy groups -OCH3 is 1. The maximum Gasteiger partial charge on any atom is 0.417 e. The summed E-state index contributed by atoms with van der Waals surface area (Å²) >= 11 is 0. The van der Waals surface area contributed by atoms with Gasteiger partial charge in [-0.05, 0) is 36.8 Å². The summed E-state index contributed by atoms with van der Waals surface area (Å²) in [4.78, 5) is 36.2. The van der Waals surface area contributed by atoms with Gasteiger partial charge in [0.1, 0.15) is 0 Å². The molecule has 2 saturated heterocycles. The lowest BCUT2D eigenvalue weighted by molar-refractivity contribution is -0.144. The van der Waals surface area contributed by atoms with E-state index < -0.39 is 17.2 Å². The Hall–Kier alpha value is -2.28. The molecule has 0 spiro atoms. The Morgan fingerprint density at radius 2 is 2.13 bits per heavy atom. The third-order valence-electron chi connectivity index (χ3n) is 8.94. The lowest BCUT2D eigenvalue weighted by Gasteiger charge is -2.38. The van der Waals surface area contributed by atoms with Crippen molar-refractivity contribution >= 4 is 11.8 Å². The molecule has 1 saturated carbocycles. The van der Waals surface area contributed by atoms with Crippen molar-refractivity contribution in [1.82, 2.24) is 25.0 Å². The second-order valence-corrected chi connectivity index (χ2v) is 11.7. The van der Waals surface area contributed by atoms with Gasteiger partial charge in [0.15, 0.2) is 0 Å². The molecule has 39 heavy (non-hydrogen) atoms. The second kappa shape index (κ2) is 10.9. The van der Waals surface area contributed by atoms with E-state index in [1.54, 1.807) is 31.0 Å². The molecule has 3 fully saturated rings. The number of carbonyl (C=O) groups is 2. The number of pyridine rings is 1. The number of nitrogens with zero attached hydrogens (tertiary/aromatic N) is 4. The number of hydrogen-bond donors (Lipinski definition) is 1. The van der Waals surface area contributed by atoms with Gasteiger partial charge < -0.3 is 24.6 Å². The topological polar surface area (TPSA) is 87.2 Å². The number of aromatic nitrogens is 1. The van der Waals surface area contributed by atoms with Gasteiger partial charge in [0.25, 0.3) is 0 Å². The Balaban J connectivity index is 1.36. The first-order valence-corrected chi connectivity index (χ1v) is 13.6. The van der Waals surface area contributed by atoms with Crippen molar-refractivity contribution in [2.24, 2.45) is 11.3 Å². The van der Waals surface area contributed by atoms with Crippen LogP contribution in [0.5, 0.6) is 0 Å². The first-order chi connectivity index (χ1) is 18.5. The summed E-state index contributed by atoms with van der Waals surface area (Å²) in [5.74, 6) is -0.00990. The van der Waals surface area contributed by atoms with Gasteiger partial charge in [-0.2, -0.15) is 13.2 Å². The molecular weight excluding hydrogens is 515 g/mol. The number of halogens is 3. The van der Waals surface area contributed by atoms with E-state index in [2.05, 4.69) is 15.2 Å². The quantitative estimate of drug-likeness (QED) is 0.572. The maximum atomic E-state index is 14.3. The Bertz CT molecular complexity index is 1090. The molecule has 12 heteroatoms. The SMILES string of the molecule is CO[C@@H]1COCC[C@@H]1N[C@@H]1C[C@H]2CN(CC(=O)N(C)C)C[C@@]2(C(=O)N2CCc3ncc(C(F)(F)F)cc3C2)C1. The molecule has 0 bridgehead atoms. The van der Waals surface area contributed by atoms with Crippen LogP contribution in [0.2, 0.25) is 0 Å². The van der Waals surface area contributed by atoms with Crippen LogP contribution in [0.15, 0.2) is 12.3 Å². The van der Waals surface area contributed by atoms with E-state index in [9.17, 15) is 22.8 Å². The number of nitrogens with one attached hydrogen (secondary N) is 1. The highest BCUT2D eigenvalue weighted by Gasteiger charge is 2.59. The van der Waals surface area contributed by atoms with Gasteiger partial charge in [-0.3, -0.25) is 19.5 Å². The van der Waals surface area contributed by atoms with E-state index in [0.29, 0.717) is 56.9 Å². The Morgan fingerprint density at radius 1 is 1.33 bits per heavy atom. The van der Waals surface area contributed by atoms with Crippen molar-refractivity contribution in [3.05, 3.63) is 29.1 Å². The average molecular weight is 554 g/mol. The predicted octanol–water partition coefficient (Wildman–Crippen LogP) is 1.55. The lowest BCUT2D eigenvalue weighted by Crippen LogP contribution is -2.52. The summed E-state index contributed by atoms with van der Waals surface area (Å²) < 4.78 is 51.2. The van der Waals surface area contributed by atoms with Crippen LogP contribution in [-0.4, -0.2) is 110 Å². The first kappa shape index (κ1) is 28.3. The highest BCUT2D eigenvalue weighted by Crippen LogP contribution is 2.50. The van der Waals surface area contributed by atoms with Crippen LogP contribution in [0, 0.1) is 11.3 Å². The smallest absolute Gasteiger partial charge is 0.379 e. The number of likely N-dealkylation sites (tertiary alicyclic amines) is 1. The third-order valence-corrected chi connectivity index (χ3v) is 8.94. The normalized spacial score (nSPS) is 31.2. The van der Waals surface area contributed by atoms with Gasteiger partial charge in [-0.25, -0.2) is 0 Å². The predicted molar refractivity (Wildman–Crippen MR) is 136 cm³/mol. The highest BCUT2D eigenvalue weighted by atomic mass is 19.4. The molecule has 0 unspecified atom stereocenters. The van der Waals surface area contributed by atoms with Crippen LogP contribution in [0.25, 0.3) is 0 Å². The molecule has 9 nitrogen and oxygen atoms in total. The number of fused-ring (bicyclic) bond motifs is 2. The molecule has 0 aromatic carbocycles. The monoisotopic (exact) mass is 553 g/mol. The minimum absolute atomic E-state index is 0.0185. The summed E-state index contributed by atoms with van der Waals surface area (Å²) in [5, 5.41) is 3.74. The number of amides is 2. The fourth-order valence-electron chi connectivity index (χ4n) is 6.89. The van der Waals surface area contributed by atoms with Crippen LogP contribution in [-0.2, 0) is 38.2 Å². The molecule has 1 aliphatic carbocycles. The zero-order valence-corrected chi connectivity index (χ0v) is 22.8. The molecule has 216 valence electrons. The number of rotatable bonds is 6. The molecule has 5 rings (SSSR count). The van der Waals surface area contributed by atoms with E-state index in [1.165, 1.54) is 0 Å². The number of ether oxygens (including phenoxy) is 2. The van der Waals surface area contributed by atoms with Crippen molar-refractivity contribution in [3.8, 4) is 0 Å². The van der Waals surface area contributed by atoms with Gasteiger partial charge in [0.2, 0.25) is 11.8 Å². The first-order valence-electron chi connectivity index (χ1n) is 13.6. The van der Waals surface area contributed by atoms with Crippen LogP contribution in [0.4, 0.5) is 13.2 Å². The molecule has 4 aliphatic rings. The molecule has 1 aromatic rings. The zero-order valence-electron chi connectivity index (χ0n) is 22.8. The molecule has 1 aromatic heterocycles. The number of likely N-dealkylation sites (N-methyl/N-ethyl adjacent to an activating group) is 1. The van der Waals surface area contributed by atoms with Gasteiger partial charge in [0.05, 0.1) is 30.2 Å². The van der Waals surface area contributed by atoms with Crippen LogP contribution in [0.3, 0.4) is 0 Å². The van der Waals surface area contributed by atoms with Crippen LogP contribution >= 0.6 is 0 Å². The van der Waals surface area contributed by atoms with Gasteiger partial charge in [-0.15, -0.1) is 0 Å². The third kappa shape index (κ3) is 5.66. The summed E-state index contributed by atoms with van der Waals surface area (Å²) in [6.07, 6.45) is -1.04. The number of alkyl halides is 3. The molecule has 0 radical (unpaired) electrons. The van der Waals surface area contributed by atoms with Crippen molar-refractivity contribution in [3.63, 3.8) is 0 Å². The molecular formula is C27H38F3N5O4. The van der Waals surface area contributed by atoms with Gasteiger partial charge in [0, 0.05) is 84.4 Å². The Kier molecular flexibility index (Phi) is 7.93. The number of carbonyl (C=O) groups excluding carboxylic acids is 2. The largest absolute Gasteiger partial charge is 0.417 e. The summed E-state index contributed by atoms with van der Waals surface area (Å²) in [5.41, 5.74) is -0.436. The van der Waals surface area contributed by atoms with E-state index in [0.717, 1.165) is 25.1 Å². The molecule has 2 amide bonds. The second-order valence-electron chi connectivity index (χ2n) is 11.7. The summed E-state index contributed by atoms with van der Waals surface area (Å²) in [6, 6.07) is 1.35. The fourth-order valence-corrected chi connectivity index (χ4v) is 6.89. The van der Waals surface area contributed by atoms with E-state index in [4.69, 9.17) is 9.47 Å². The zero-order chi connectivity index (χ0) is 27.9. The van der Waals surface area contributed by atoms with Crippen molar-refractivity contribution in [1.29, 1.82) is 0 Å². The van der Waals surface area contributed by atoms with E-state index >= 15 is 0 Å². The van der Waals surface area contributed by atoms with E-state index in [-0.39, 0.29) is 49.0 Å². The molecule has 3 aliphatic heterocycles. The molecule has 5 atom stereocenters. The molecule has 4 heterocycles. The fraction of sp³-hybridized carbons (Fsp3) is 0.741. The van der Waals surface area contributed by atoms with Crippen LogP contribution in [0.1, 0.15) is 36.1 Å². The average Bonchev–Trinajstić information content (AvgIpc) is 3.41. The Labute approximate surface area is 227 Å². The van der Waals surface area contributed by atoms with Gasteiger partial charge >= 0.3 is 6.18 Å². The Morgan fingerprint density at radius 3 is 2.85 bits per heavy atom. The van der Waals surface area contributed by atoms with Crippen molar-refractivity contribution in [2.75, 3.05) is 60.6 Å². The lowest BCUT2D eigenvalue weighted by atomic mass is 9.78. The minimum atomic E-state index is -4.49. The minimum Gasteiger partial charge on any atom is -0.379 e. The summed E-state index contributed by atoms with van der Waals surface area (Å²) in [7, 11) is 5.11. The van der Waals surface area contributed by atoms with Crippen LogP contribution < -0.4 is 5.32 Å². The van der Waals surface area contributed by atoms with Crippen molar-refractivity contribution < 1.29 is 32.2 Å². The standard InChI is InChI=1S/C27H38F3N5O4/c1-33(2)24(36)14-34-13-19-9-20(32-22-5-7-39-15-23(22)38-3)10-26(19,16-34)25(37)35-6-4-21-17(12-35)8-18(11-31-21)27(28,29)30/h8,11,19-20,22-23,32H,4-7,9-10,12-16H2,1-3H3/t19-,20+,22-,23+,26-/m0/s1. The highest BCUT2D eigenvalue weighted by molar-refractivity contribution is 5.85. The maximum absolute atomic E-state index is 14.3. The van der Waals surface area contributed by atoms with Gasteiger partial charge in [-0.1, -0.05) is 0 Å². The summed E-state index contributed by atoms with van der Waals surface area (Å²) in [6.45, 7) is 3.04. The molecule has 1 N–H and O–H groups in total. The number of hydrogen-bond acceptors (Lipinski definition) is 7. The van der Waals surface area contributed by atoms with Crippen molar-refractivity contribution in [2.45, 2.75) is 56.6 Å². The van der Waals surface area contributed by atoms with E-state index in [1.807, 2.05) is 0 Å².